The molecule has 3 atom stereocenters. The smallest absolute Gasteiger partial charge is 0.407 e. The van der Waals surface area contributed by atoms with Crippen LogP contribution in [0.1, 0.15) is 42.7 Å². The molecule has 0 bridgehead atoms. The number of rotatable bonds is 8. The number of carbonyl (C=O) groups is 3. The van der Waals surface area contributed by atoms with Gasteiger partial charge in [0.1, 0.15) is 6.61 Å². The zero-order valence-electron chi connectivity index (χ0n) is 19.2. The first-order valence-electron chi connectivity index (χ1n) is 11.6. The second-order valence-corrected chi connectivity index (χ2v) is 8.82. The molecule has 0 aliphatic heterocycles. The molecule has 8 heteroatoms. The lowest BCUT2D eigenvalue weighted by atomic mass is 9.83. The highest BCUT2D eigenvalue weighted by molar-refractivity contribution is 5.86. The monoisotopic (exact) mass is 466 g/mol. The molecular weight excluding hydrogens is 436 g/mol. The van der Waals surface area contributed by atoms with Crippen molar-refractivity contribution in [3.63, 3.8) is 0 Å². The third kappa shape index (κ3) is 5.07. The number of nitrogens with one attached hydrogen (secondary N) is 2. The third-order valence-electron chi connectivity index (χ3n) is 6.70. The van der Waals surface area contributed by atoms with Gasteiger partial charge in [-0.15, -0.1) is 0 Å². The minimum atomic E-state index is -1.16. The normalized spacial score (nSPS) is 20.0. The van der Waals surface area contributed by atoms with Crippen molar-refractivity contribution in [3.8, 4) is 11.1 Å². The molecule has 3 unspecified atom stereocenters. The Morgan fingerprint density at radius 1 is 1.00 bits per heavy atom. The van der Waals surface area contributed by atoms with Gasteiger partial charge in [0.15, 0.2) is 6.04 Å². The van der Waals surface area contributed by atoms with Crippen molar-refractivity contribution in [2.75, 3.05) is 20.3 Å². The summed E-state index contributed by atoms with van der Waals surface area (Å²) in [6, 6.07) is 14.7. The fourth-order valence-corrected chi connectivity index (χ4v) is 5.03. The molecule has 2 aliphatic rings. The number of alkyl carbamates (subject to hydrolysis) is 1. The lowest BCUT2D eigenvalue weighted by Crippen LogP contribution is -2.52. The van der Waals surface area contributed by atoms with Crippen LogP contribution in [-0.4, -0.2) is 55.5 Å². The molecule has 2 aromatic carbocycles. The summed E-state index contributed by atoms with van der Waals surface area (Å²) in [6.45, 7) is 0.0661. The molecule has 1 fully saturated rings. The van der Waals surface area contributed by atoms with Crippen LogP contribution in [0.15, 0.2) is 48.5 Å². The van der Waals surface area contributed by atoms with Gasteiger partial charge in [0.05, 0.1) is 12.5 Å². The Balaban J connectivity index is 1.38. The van der Waals surface area contributed by atoms with Crippen LogP contribution in [0.2, 0.25) is 0 Å². The highest BCUT2D eigenvalue weighted by Crippen LogP contribution is 2.44. The first-order chi connectivity index (χ1) is 16.5. The van der Waals surface area contributed by atoms with Gasteiger partial charge in [0, 0.05) is 19.1 Å². The van der Waals surface area contributed by atoms with E-state index < -0.39 is 36.0 Å². The molecular formula is C26H30N2O6. The Morgan fingerprint density at radius 2 is 1.62 bits per heavy atom. The Kier molecular flexibility index (Phi) is 7.47. The number of carboxylic acids is 1. The maximum absolute atomic E-state index is 12.8. The zero-order chi connectivity index (χ0) is 24.1. The average Bonchev–Trinajstić information content (AvgIpc) is 3.16. The number of hydrogen-bond acceptors (Lipinski definition) is 5. The Bertz CT molecular complexity index is 1010. The summed E-state index contributed by atoms with van der Waals surface area (Å²) in [6.07, 6.45) is 2.34. The quantitative estimate of drug-likeness (QED) is 0.550. The van der Waals surface area contributed by atoms with Gasteiger partial charge >= 0.3 is 12.1 Å². The Hall–Kier alpha value is -3.39. The van der Waals surface area contributed by atoms with E-state index in [1.54, 1.807) is 0 Å². The van der Waals surface area contributed by atoms with Crippen LogP contribution < -0.4 is 10.6 Å². The van der Waals surface area contributed by atoms with E-state index >= 15 is 0 Å². The van der Waals surface area contributed by atoms with E-state index in [9.17, 15) is 19.5 Å². The summed E-state index contributed by atoms with van der Waals surface area (Å²) in [5.74, 6) is -2.12. The van der Waals surface area contributed by atoms with Gasteiger partial charge in [-0.25, -0.2) is 9.59 Å². The van der Waals surface area contributed by atoms with E-state index in [2.05, 4.69) is 34.9 Å². The molecule has 4 rings (SSSR count). The van der Waals surface area contributed by atoms with Crippen LogP contribution in [0.5, 0.6) is 0 Å². The molecule has 2 aliphatic carbocycles. The molecule has 0 aromatic heterocycles. The molecule has 0 heterocycles. The summed E-state index contributed by atoms with van der Waals surface area (Å²) in [4.78, 5) is 36.9. The van der Waals surface area contributed by atoms with Gasteiger partial charge in [-0.1, -0.05) is 61.4 Å². The summed E-state index contributed by atoms with van der Waals surface area (Å²) >= 11 is 0. The van der Waals surface area contributed by atoms with Gasteiger partial charge in [0.25, 0.3) is 0 Å². The van der Waals surface area contributed by atoms with Crippen molar-refractivity contribution < 1.29 is 29.0 Å². The van der Waals surface area contributed by atoms with Crippen LogP contribution in [0.4, 0.5) is 4.79 Å². The van der Waals surface area contributed by atoms with Gasteiger partial charge in [-0.05, 0) is 35.1 Å². The highest BCUT2D eigenvalue weighted by Gasteiger charge is 2.35. The number of benzene rings is 2. The fourth-order valence-electron chi connectivity index (χ4n) is 5.03. The largest absolute Gasteiger partial charge is 0.480 e. The number of aliphatic carboxylic acids is 1. The predicted molar refractivity (Wildman–Crippen MR) is 125 cm³/mol. The molecule has 0 radical (unpaired) electrons. The van der Waals surface area contributed by atoms with Crippen LogP contribution in [0.3, 0.4) is 0 Å². The molecule has 2 amide bonds. The topological polar surface area (TPSA) is 114 Å². The summed E-state index contributed by atoms with van der Waals surface area (Å²) in [7, 11) is 1.38. The van der Waals surface area contributed by atoms with E-state index in [0.717, 1.165) is 35.1 Å². The van der Waals surface area contributed by atoms with Crippen molar-refractivity contribution in [1.82, 2.24) is 10.6 Å². The van der Waals surface area contributed by atoms with Gasteiger partial charge in [-0.2, -0.15) is 0 Å². The number of methoxy groups -OCH3 is 1. The van der Waals surface area contributed by atoms with E-state index in [4.69, 9.17) is 9.47 Å². The lowest BCUT2D eigenvalue weighted by molar-refractivity contribution is -0.144. The van der Waals surface area contributed by atoms with Crippen molar-refractivity contribution in [3.05, 3.63) is 59.7 Å². The summed E-state index contributed by atoms with van der Waals surface area (Å²) in [5.41, 5.74) is 4.56. The SMILES string of the molecule is COCC(NC(=O)C1CCCCC1NC(=O)OCC1c2ccccc2-c2ccccc21)C(=O)O. The maximum Gasteiger partial charge on any atom is 0.407 e. The number of carbonyl (C=O) groups excluding carboxylic acids is 2. The van der Waals surface area contributed by atoms with Crippen molar-refractivity contribution in [2.24, 2.45) is 5.92 Å². The van der Waals surface area contributed by atoms with Gasteiger partial charge in [0.2, 0.25) is 5.91 Å². The van der Waals surface area contributed by atoms with Crippen LogP contribution in [-0.2, 0) is 19.1 Å². The van der Waals surface area contributed by atoms with Gasteiger partial charge < -0.3 is 25.2 Å². The van der Waals surface area contributed by atoms with E-state index in [0.29, 0.717) is 12.8 Å². The molecule has 3 N–H and O–H groups in total. The maximum atomic E-state index is 12.8. The fraction of sp³-hybridized carbons (Fsp3) is 0.423. The second kappa shape index (κ2) is 10.7. The highest BCUT2D eigenvalue weighted by atomic mass is 16.5. The van der Waals surface area contributed by atoms with E-state index in [1.165, 1.54) is 7.11 Å². The number of fused-ring (bicyclic) bond motifs is 3. The number of amides is 2. The average molecular weight is 467 g/mol. The first-order valence-corrected chi connectivity index (χ1v) is 11.6. The molecule has 1 saturated carbocycles. The van der Waals surface area contributed by atoms with Gasteiger partial charge in [-0.3, -0.25) is 4.79 Å². The minimum Gasteiger partial charge on any atom is -0.480 e. The number of carboxylic acid groups (broad SMARTS) is 1. The first kappa shape index (κ1) is 23.8. The molecule has 34 heavy (non-hydrogen) atoms. The molecule has 180 valence electrons. The lowest BCUT2D eigenvalue weighted by Gasteiger charge is -2.31. The molecule has 2 aromatic rings. The standard InChI is InChI=1S/C26H30N2O6/c1-33-15-23(25(30)31)27-24(29)20-12-6-7-13-22(20)28-26(32)34-14-21-18-10-4-2-8-16(18)17-9-3-5-11-19(17)21/h2-5,8-11,20-23H,6-7,12-15H2,1H3,(H,27,29)(H,28,32)(H,30,31). The van der Waals surface area contributed by atoms with Crippen LogP contribution in [0.25, 0.3) is 11.1 Å². The summed E-state index contributed by atoms with van der Waals surface area (Å²) in [5, 5.41) is 14.7. The second-order valence-electron chi connectivity index (χ2n) is 8.82. The van der Waals surface area contributed by atoms with E-state index in [1.807, 2.05) is 24.3 Å². The van der Waals surface area contributed by atoms with Crippen molar-refractivity contribution in [1.29, 1.82) is 0 Å². The zero-order valence-corrected chi connectivity index (χ0v) is 19.2. The Labute approximate surface area is 198 Å². The molecule has 0 saturated heterocycles. The molecule has 8 nitrogen and oxygen atoms in total. The molecule has 0 spiro atoms. The van der Waals surface area contributed by atoms with E-state index in [-0.39, 0.29) is 19.1 Å². The minimum absolute atomic E-state index is 0.0472. The van der Waals surface area contributed by atoms with Crippen molar-refractivity contribution in [2.45, 2.75) is 43.7 Å². The number of hydrogen-bond donors (Lipinski definition) is 3. The number of ether oxygens (including phenoxy) is 2. The van der Waals surface area contributed by atoms with Crippen LogP contribution >= 0.6 is 0 Å². The third-order valence-corrected chi connectivity index (χ3v) is 6.70. The van der Waals surface area contributed by atoms with Crippen LogP contribution in [0, 0.1) is 5.92 Å². The Morgan fingerprint density at radius 3 is 2.24 bits per heavy atom. The summed E-state index contributed by atoms with van der Waals surface area (Å²) < 4.78 is 10.5. The van der Waals surface area contributed by atoms with Crippen molar-refractivity contribution >= 4 is 18.0 Å². The predicted octanol–water partition coefficient (Wildman–Crippen LogP) is 3.30.